The summed E-state index contributed by atoms with van der Waals surface area (Å²) in [7, 11) is 0. The second kappa shape index (κ2) is 10.7. The molecule has 12 heteroatoms. The molecule has 1 atom stereocenters. The summed E-state index contributed by atoms with van der Waals surface area (Å²) < 4.78 is 11.4. The first-order valence-electron chi connectivity index (χ1n) is 11.9. The number of aromatic nitrogens is 3. The SMILES string of the molecule is Cc1cc(-c2ccc(C(=O)Nc3cc4oc(N5CCOCC5)nc4nc3N3CC[C@H](O)C3)s2)ccn1.S. The molecule has 1 amide bonds. The van der Waals surface area contributed by atoms with Crippen LogP contribution in [-0.2, 0) is 4.74 Å². The van der Waals surface area contributed by atoms with Crippen molar-refractivity contribution in [2.75, 3.05) is 54.5 Å². The Bertz CT molecular complexity index is 1420. The summed E-state index contributed by atoms with van der Waals surface area (Å²) in [4.78, 5) is 32.4. The standard InChI is InChI=1S/C25H26N6O4S.H2S/c1-15-12-16(4-6-26-15)20-2-3-21(36-20)24(33)27-18-13-19-22(28-23(18)31-7-5-17(32)14-31)29-25(35-19)30-8-10-34-11-9-30;/h2-4,6,12-13,17,32H,5,7-11,14H2,1H3,(H,27,33);1H2/t17-;/m0./s1. The van der Waals surface area contributed by atoms with Gasteiger partial charge in [-0.2, -0.15) is 18.5 Å². The Hall–Kier alpha value is -3.19. The summed E-state index contributed by atoms with van der Waals surface area (Å²) in [6.45, 7) is 5.65. The number of oxazole rings is 1. The summed E-state index contributed by atoms with van der Waals surface area (Å²) in [6, 6.07) is 9.97. The van der Waals surface area contributed by atoms with E-state index in [9.17, 15) is 9.90 Å². The molecule has 4 aromatic rings. The molecule has 2 N–H and O–H groups in total. The zero-order chi connectivity index (χ0) is 24.6. The number of amides is 1. The summed E-state index contributed by atoms with van der Waals surface area (Å²) in [6.07, 6.45) is 1.98. The summed E-state index contributed by atoms with van der Waals surface area (Å²) in [5.41, 5.74) is 3.44. The van der Waals surface area contributed by atoms with Gasteiger partial charge in [-0.1, -0.05) is 0 Å². The predicted molar refractivity (Wildman–Crippen MR) is 148 cm³/mol. The molecule has 0 spiro atoms. The number of carbonyl (C=O) groups is 1. The number of aryl methyl sites for hydroxylation is 1. The number of thiophene rings is 1. The molecular formula is C25H28N6O4S2. The van der Waals surface area contributed by atoms with Crippen LogP contribution in [0, 0.1) is 6.92 Å². The number of rotatable bonds is 5. The van der Waals surface area contributed by atoms with E-state index in [2.05, 4.69) is 15.3 Å². The average molecular weight is 541 g/mol. The maximum absolute atomic E-state index is 13.3. The highest BCUT2D eigenvalue weighted by atomic mass is 32.1. The molecule has 0 bridgehead atoms. The summed E-state index contributed by atoms with van der Waals surface area (Å²) in [5, 5.41) is 13.1. The van der Waals surface area contributed by atoms with Gasteiger partial charge in [0.25, 0.3) is 11.9 Å². The van der Waals surface area contributed by atoms with Crippen molar-refractivity contribution in [3.63, 3.8) is 0 Å². The van der Waals surface area contributed by atoms with Crippen molar-refractivity contribution in [2.24, 2.45) is 0 Å². The zero-order valence-corrected chi connectivity index (χ0v) is 22.1. The van der Waals surface area contributed by atoms with Gasteiger partial charge in [0, 0.05) is 49.0 Å². The van der Waals surface area contributed by atoms with Gasteiger partial charge in [0.15, 0.2) is 11.4 Å². The fraction of sp³-hybridized carbons (Fsp3) is 0.360. The second-order valence-electron chi connectivity index (χ2n) is 8.97. The van der Waals surface area contributed by atoms with Crippen molar-refractivity contribution in [3.8, 4) is 10.4 Å². The first kappa shape index (κ1) is 25.5. The fourth-order valence-corrected chi connectivity index (χ4v) is 5.40. The normalized spacial score (nSPS) is 17.7. The van der Waals surface area contributed by atoms with E-state index < -0.39 is 6.10 Å². The molecule has 6 heterocycles. The number of pyridine rings is 2. The van der Waals surface area contributed by atoms with Crippen LogP contribution in [-0.4, -0.2) is 71.5 Å². The fourth-order valence-electron chi connectivity index (χ4n) is 4.50. The molecule has 0 saturated carbocycles. The van der Waals surface area contributed by atoms with Crippen molar-refractivity contribution in [2.45, 2.75) is 19.4 Å². The second-order valence-corrected chi connectivity index (χ2v) is 10.1. The molecule has 2 aliphatic heterocycles. The largest absolute Gasteiger partial charge is 0.422 e. The first-order chi connectivity index (χ1) is 17.5. The van der Waals surface area contributed by atoms with Gasteiger partial charge in [0.05, 0.1) is 29.9 Å². The molecule has 194 valence electrons. The smallest absolute Gasteiger partial charge is 0.300 e. The number of nitrogens with one attached hydrogen (secondary N) is 1. The van der Waals surface area contributed by atoms with Gasteiger partial charge in [0.1, 0.15) is 0 Å². The highest BCUT2D eigenvalue weighted by Crippen LogP contribution is 2.34. The Labute approximate surface area is 224 Å². The van der Waals surface area contributed by atoms with E-state index in [0.717, 1.165) is 16.1 Å². The quantitative estimate of drug-likeness (QED) is 0.393. The molecule has 0 aromatic carbocycles. The predicted octanol–water partition coefficient (Wildman–Crippen LogP) is 3.43. The number of morpholine rings is 1. The van der Waals surface area contributed by atoms with Gasteiger partial charge < -0.3 is 29.4 Å². The topological polar surface area (TPSA) is 117 Å². The minimum absolute atomic E-state index is 0. The number of nitrogens with zero attached hydrogens (tertiary/aromatic N) is 5. The molecule has 0 aliphatic carbocycles. The molecule has 2 fully saturated rings. The third-order valence-electron chi connectivity index (χ3n) is 6.35. The molecule has 10 nitrogen and oxygen atoms in total. The van der Waals surface area contributed by atoms with Gasteiger partial charge in [-0.15, -0.1) is 11.3 Å². The van der Waals surface area contributed by atoms with Crippen LogP contribution >= 0.6 is 24.8 Å². The number of anilines is 3. The van der Waals surface area contributed by atoms with Gasteiger partial charge >= 0.3 is 0 Å². The maximum atomic E-state index is 13.3. The van der Waals surface area contributed by atoms with E-state index in [0.29, 0.717) is 79.4 Å². The number of hydrogen-bond donors (Lipinski definition) is 2. The Morgan fingerprint density at radius 2 is 1.97 bits per heavy atom. The molecule has 4 aromatic heterocycles. The molecular weight excluding hydrogens is 512 g/mol. The number of hydrogen-bond acceptors (Lipinski definition) is 10. The Morgan fingerprint density at radius 3 is 2.73 bits per heavy atom. The third kappa shape index (κ3) is 5.28. The van der Waals surface area contributed by atoms with E-state index in [4.69, 9.17) is 14.1 Å². The minimum Gasteiger partial charge on any atom is -0.422 e. The van der Waals surface area contributed by atoms with E-state index in [1.54, 1.807) is 12.3 Å². The average Bonchev–Trinajstić information content (AvgIpc) is 3.63. The Balaban J connectivity index is 0.00000280. The lowest BCUT2D eigenvalue weighted by Gasteiger charge is -2.24. The molecule has 2 saturated heterocycles. The van der Waals surface area contributed by atoms with Crippen LogP contribution in [0.5, 0.6) is 0 Å². The van der Waals surface area contributed by atoms with E-state index in [1.807, 2.05) is 41.0 Å². The van der Waals surface area contributed by atoms with Gasteiger partial charge in [-0.25, -0.2) is 4.98 Å². The van der Waals surface area contributed by atoms with Crippen LogP contribution < -0.4 is 15.1 Å². The molecule has 0 unspecified atom stereocenters. The van der Waals surface area contributed by atoms with Crippen molar-refractivity contribution < 1.29 is 19.1 Å². The Morgan fingerprint density at radius 1 is 1.14 bits per heavy atom. The lowest BCUT2D eigenvalue weighted by atomic mass is 10.2. The first-order valence-corrected chi connectivity index (χ1v) is 12.8. The van der Waals surface area contributed by atoms with Crippen LogP contribution in [0.3, 0.4) is 0 Å². The van der Waals surface area contributed by atoms with Crippen LogP contribution in [0.1, 0.15) is 21.8 Å². The minimum atomic E-state index is -0.434. The molecule has 37 heavy (non-hydrogen) atoms. The maximum Gasteiger partial charge on any atom is 0.300 e. The van der Waals surface area contributed by atoms with Crippen molar-refractivity contribution in [1.29, 1.82) is 0 Å². The highest BCUT2D eigenvalue weighted by molar-refractivity contribution is 7.59. The molecule has 0 radical (unpaired) electrons. The van der Waals surface area contributed by atoms with Gasteiger partial charge in [0.2, 0.25) is 5.65 Å². The van der Waals surface area contributed by atoms with E-state index >= 15 is 0 Å². The lowest BCUT2D eigenvalue weighted by molar-refractivity contribution is 0.103. The Kier molecular flexibility index (Phi) is 7.33. The number of aliphatic hydroxyl groups is 1. The number of carbonyl (C=O) groups excluding carboxylic acids is 1. The number of aliphatic hydroxyl groups excluding tert-OH is 1. The molecule has 6 rings (SSSR count). The summed E-state index contributed by atoms with van der Waals surface area (Å²) in [5.74, 6) is 0.350. The third-order valence-corrected chi connectivity index (χ3v) is 7.49. The van der Waals surface area contributed by atoms with Crippen molar-refractivity contribution in [1.82, 2.24) is 15.0 Å². The van der Waals surface area contributed by atoms with Gasteiger partial charge in [-0.3, -0.25) is 9.78 Å². The molecule has 2 aliphatic rings. The van der Waals surface area contributed by atoms with Crippen LogP contribution in [0.25, 0.3) is 21.7 Å². The van der Waals surface area contributed by atoms with Crippen LogP contribution in [0.2, 0.25) is 0 Å². The summed E-state index contributed by atoms with van der Waals surface area (Å²) >= 11 is 1.42. The van der Waals surface area contributed by atoms with Crippen molar-refractivity contribution >= 4 is 59.5 Å². The van der Waals surface area contributed by atoms with Crippen molar-refractivity contribution in [3.05, 3.63) is 47.1 Å². The number of ether oxygens (including phenoxy) is 1. The zero-order valence-electron chi connectivity index (χ0n) is 20.3. The highest BCUT2D eigenvalue weighted by Gasteiger charge is 2.27. The lowest BCUT2D eigenvalue weighted by Crippen LogP contribution is -2.36. The van der Waals surface area contributed by atoms with Crippen LogP contribution in [0.15, 0.2) is 40.9 Å². The number of fused-ring (bicyclic) bond motifs is 1. The monoisotopic (exact) mass is 540 g/mol. The van der Waals surface area contributed by atoms with Crippen LogP contribution in [0.4, 0.5) is 17.5 Å². The van der Waals surface area contributed by atoms with Gasteiger partial charge in [-0.05, 0) is 43.2 Å². The van der Waals surface area contributed by atoms with E-state index in [1.165, 1.54) is 11.3 Å². The van der Waals surface area contributed by atoms with E-state index in [-0.39, 0.29) is 19.4 Å². The number of β-amino-alcohol motifs (C(OH)–C–C–N with tert-alkyl or cyclic N) is 1.